The smallest absolute Gasteiger partial charge is 0.227 e. The summed E-state index contributed by atoms with van der Waals surface area (Å²) in [5.74, 6) is 0.849. The summed E-state index contributed by atoms with van der Waals surface area (Å²) in [4.78, 5) is 14.6. The van der Waals surface area contributed by atoms with Crippen molar-refractivity contribution in [1.82, 2.24) is 14.8 Å². The molecule has 0 radical (unpaired) electrons. The van der Waals surface area contributed by atoms with Crippen LogP contribution in [0.2, 0.25) is 0 Å². The molecule has 132 valence electrons. The molecule has 1 aliphatic carbocycles. The van der Waals surface area contributed by atoms with Gasteiger partial charge in [-0.15, -0.1) is 24.8 Å². The molecule has 2 aromatic rings. The van der Waals surface area contributed by atoms with Gasteiger partial charge in [-0.3, -0.25) is 14.3 Å². The highest BCUT2D eigenvalue weighted by atomic mass is 35.5. The molecule has 1 saturated carbocycles. The lowest BCUT2D eigenvalue weighted by Crippen LogP contribution is -2.45. The molecule has 1 aromatic carbocycles. The first-order chi connectivity index (χ1) is 10.8. The van der Waals surface area contributed by atoms with Gasteiger partial charge in [0.1, 0.15) is 0 Å². The van der Waals surface area contributed by atoms with E-state index >= 15 is 0 Å². The van der Waals surface area contributed by atoms with Crippen molar-refractivity contribution in [3.05, 3.63) is 36.0 Å². The molecule has 2 fully saturated rings. The van der Waals surface area contributed by atoms with Gasteiger partial charge in [0.2, 0.25) is 5.91 Å². The van der Waals surface area contributed by atoms with E-state index in [4.69, 9.17) is 0 Å². The van der Waals surface area contributed by atoms with Crippen molar-refractivity contribution in [2.45, 2.75) is 25.8 Å². The number of rotatable bonds is 3. The number of carbonyl (C=O) groups excluding carboxylic acids is 1. The molecule has 0 bridgehead atoms. The van der Waals surface area contributed by atoms with E-state index in [0.717, 1.165) is 37.6 Å². The lowest BCUT2D eigenvalue weighted by atomic mass is 9.99. The van der Waals surface area contributed by atoms with E-state index in [-0.39, 0.29) is 30.7 Å². The molecule has 1 atom stereocenters. The van der Waals surface area contributed by atoms with E-state index in [1.807, 2.05) is 10.6 Å². The number of para-hydroxylation sites is 1. The zero-order valence-corrected chi connectivity index (χ0v) is 15.5. The van der Waals surface area contributed by atoms with Crippen LogP contribution in [0.25, 0.3) is 10.9 Å². The fraction of sp³-hybridized carbons (Fsp3) is 0.500. The van der Waals surface area contributed by atoms with Crippen LogP contribution in [0.15, 0.2) is 30.5 Å². The Hall–Kier alpha value is -1.07. The van der Waals surface area contributed by atoms with Crippen molar-refractivity contribution in [1.29, 1.82) is 0 Å². The third-order valence-corrected chi connectivity index (χ3v) is 5.01. The average molecular weight is 370 g/mol. The van der Waals surface area contributed by atoms with E-state index in [1.165, 1.54) is 23.8 Å². The monoisotopic (exact) mass is 369 g/mol. The molecule has 1 N–H and O–H groups in total. The molecule has 1 aromatic heterocycles. The summed E-state index contributed by atoms with van der Waals surface area (Å²) in [6.07, 6.45) is 4.72. The summed E-state index contributed by atoms with van der Waals surface area (Å²) in [5.41, 5.74) is 2.39. The topological polar surface area (TPSA) is 37.3 Å². The zero-order chi connectivity index (χ0) is 15.1. The van der Waals surface area contributed by atoms with E-state index in [2.05, 4.69) is 34.6 Å². The van der Waals surface area contributed by atoms with Gasteiger partial charge < -0.3 is 5.32 Å². The molecule has 2 heterocycles. The number of aromatic nitrogens is 1. The molecular weight excluding hydrogens is 345 g/mol. The SMILES string of the molecule is CC(=O)n1cc([C@H](C2CC2)N2CCNCC2)c2ccccc21.Cl.Cl. The van der Waals surface area contributed by atoms with Crippen LogP contribution in [0.4, 0.5) is 0 Å². The Kier molecular flexibility index (Phi) is 6.32. The van der Waals surface area contributed by atoms with Crippen molar-refractivity contribution < 1.29 is 4.79 Å². The van der Waals surface area contributed by atoms with Gasteiger partial charge in [0.05, 0.1) is 5.52 Å². The van der Waals surface area contributed by atoms with Crippen LogP contribution < -0.4 is 5.32 Å². The number of piperazine rings is 1. The van der Waals surface area contributed by atoms with Crippen LogP contribution in [0.1, 0.15) is 36.2 Å². The van der Waals surface area contributed by atoms with Crippen molar-refractivity contribution >= 4 is 41.6 Å². The van der Waals surface area contributed by atoms with Crippen LogP contribution in [-0.2, 0) is 0 Å². The van der Waals surface area contributed by atoms with Crippen LogP contribution in [-0.4, -0.2) is 41.6 Å². The predicted octanol–water partition coefficient (Wildman–Crippen LogP) is 3.50. The third-order valence-electron chi connectivity index (χ3n) is 5.01. The minimum Gasteiger partial charge on any atom is -0.314 e. The van der Waals surface area contributed by atoms with Gasteiger partial charge in [0.25, 0.3) is 0 Å². The molecular formula is C18H25Cl2N3O. The standard InChI is InChI=1S/C18H23N3O.2ClH/c1-13(22)21-12-16(15-4-2-3-5-17(15)21)18(14-6-7-14)20-10-8-19-9-11-20;;/h2-5,12,14,18-19H,6-11H2,1H3;2*1H/t18-;;/m0../s1. The molecule has 4 nitrogen and oxygen atoms in total. The molecule has 0 amide bonds. The highest BCUT2D eigenvalue weighted by Crippen LogP contribution is 2.46. The first kappa shape index (κ1) is 19.3. The van der Waals surface area contributed by atoms with Gasteiger partial charge in [0, 0.05) is 50.7 Å². The second-order valence-corrected chi connectivity index (χ2v) is 6.56. The summed E-state index contributed by atoms with van der Waals surface area (Å²) in [6.45, 7) is 5.97. The maximum atomic E-state index is 12.0. The maximum absolute atomic E-state index is 12.0. The number of nitrogens with zero attached hydrogens (tertiary/aromatic N) is 2. The Morgan fingerprint density at radius 1 is 1.17 bits per heavy atom. The summed E-state index contributed by atoms with van der Waals surface area (Å²) in [6, 6.07) is 8.79. The molecule has 0 spiro atoms. The second-order valence-electron chi connectivity index (χ2n) is 6.56. The number of hydrogen-bond acceptors (Lipinski definition) is 3. The second kappa shape index (κ2) is 7.87. The summed E-state index contributed by atoms with van der Waals surface area (Å²) < 4.78 is 1.82. The fourth-order valence-corrected chi connectivity index (χ4v) is 3.82. The quantitative estimate of drug-likeness (QED) is 0.899. The minimum absolute atomic E-state index is 0. The maximum Gasteiger partial charge on any atom is 0.227 e. The van der Waals surface area contributed by atoms with Crippen molar-refractivity contribution in [3.8, 4) is 0 Å². The summed E-state index contributed by atoms with van der Waals surface area (Å²) in [7, 11) is 0. The molecule has 0 unspecified atom stereocenters. The number of hydrogen-bond donors (Lipinski definition) is 1. The molecule has 2 aliphatic rings. The lowest BCUT2D eigenvalue weighted by Gasteiger charge is -2.35. The van der Waals surface area contributed by atoms with Crippen LogP contribution in [0.3, 0.4) is 0 Å². The largest absolute Gasteiger partial charge is 0.314 e. The minimum atomic E-state index is 0. The Morgan fingerprint density at radius 2 is 1.83 bits per heavy atom. The molecule has 1 aliphatic heterocycles. The Morgan fingerprint density at radius 3 is 2.46 bits per heavy atom. The number of benzene rings is 1. The summed E-state index contributed by atoms with van der Waals surface area (Å²) >= 11 is 0. The predicted molar refractivity (Wildman–Crippen MR) is 103 cm³/mol. The molecule has 24 heavy (non-hydrogen) atoms. The highest BCUT2D eigenvalue weighted by Gasteiger charge is 2.38. The van der Waals surface area contributed by atoms with E-state index < -0.39 is 0 Å². The van der Waals surface area contributed by atoms with Crippen molar-refractivity contribution in [2.24, 2.45) is 5.92 Å². The first-order valence-electron chi connectivity index (χ1n) is 8.31. The Bertz CT molecular complexity index is 705. The van der Waals surface area contributed by atoms with E-state index in [0.29, 0.717) is 6.04 Å². The van der Waals surface area contributed by atoms with Gasteiger partial charge in [-0.05, 0) is 30.4 Å². The third kappa shape index (κ3) is 3.47. The van der Waals surface area contributed by atoms with E-state index in [9.17, 15) is 4.79 Å². The Balaban J connectivity index is 0.00000104. The van der Waals surface area contributed by atoms with Gasteiger partial charge in [-0.25, -0.2) is 0 Å². The molecule has 6 heteroatoms. The van der Waals surface area contributed by atoms with Gasteiger partial charge >= 0.3 is 0 Å². The van der Waals surface area contributed by atoms with Crippen LogP contribution in [0, 0.1) is 5.92 Å². The summed E-state index contributed by atoms with van der Waals surface area (Å²) in [5, 5.41) is 4.68. The highest BCUT2D eigenvalue weighted by molar-refractivity contribution is 5.94. The molecule has 1 saturated heterocycles. The van der Waals surface area contributed by atoms with Crippen molar-refractivity contribution in [2.75, 3.05) is 26.2 Å². The van der Waals surface area contributed by atoms with Crippen LogP contribution >= 0.6 is 24.8 Å². The van der Waals surface area contributed by atoms with E-state index in [1.54, 1.807) is 6.92 Å². The number of carbonyl (C=O) groups is 1. The zero-order valence-electron chi connectivity index (χ0n) is 13.9. The first-order valence-corrected chi connectivity index (χ1v) is 8.31. The normalized spacial score (nSPS) is 19.4. The van der Waals surface area contributed by atoms with Crippen molar-refractivity contribution in [3.63, 3.8) is 0 Å². The number of halogens is 2. The van der Waals surface area contributed by atoms with Gasteiger partial charge in [-0.1, -0.05) is 18.2 Å². The lowest BCUT2D eigenvalue weighted by molar-refractivity contribution is 0.0940. The number of fused-ring (bicyclic) bond motifs is 1. The average Bonchev–Trinajstić information content (AvgIpc) is 3.30. The molecule has 4 rings (SSSR count). The number of nitrogens with one attached hydrogen (secondary N) is 1. The van der Waals surface area contributed by atoms with Crippen LogP contribution in [0.5, 0.6) is 0 Å². The van der Waals surface area contributed by atoms with Gasteiger partial charge in [0.15, 0.2) is 0 Å². The fourth-order valence-electron chi connectivity index (χ4n) is 3.82. The Labute approximate surface area is 155 Å². The van der Waals surface area contributed by atoms with Gasteiger partial charge in [-0.2, -0.15) is 0 Å².